The second-order valence-corrected chi connectivity index (χ2v) is 5.68. The van der Waals surface area contributed by atoms with Crippen LogP contribution in [0.2, 0.25) is 0 Å². The van der Waals surface area contributed by atoms with E-state index in [-0.39, 0.29) is 18.5 Å². The molecule has 0 aliphatic rings. The van der Waals surface area contributed by atoms with Gasteiger partial charge in [0.05, 0.1) is 19.0 Å². The highest BCUT2D eigenvalue weighted by atomic mass is 31.2. The molecule has 0 saturated heterocycles. The minimum atomic E-state index is -4.15. The molecule has 0 bridgehead atoms. The van der Waals surface area contributed by atoms with Crippen molar-refractivity contribution < 1.29 is 19.1 Å². The fourth-order valence-corrected chi connectivity index (χ4v) is 1.96. The second-order valence-electron chi connectivity index (χ2n) is 4.10. The lowest BCUT2D eigenvalue weighted by Crippen LogP contribution is -2.12. The zero-order valence-electron chi connectivity index (χ0n) is 10.2. The molecule has 4 N–H and O–H groups in total. The first-order chi connectivity index (χ1) is 8.88. The van der Waals surface area contributed by atoms with Crippen molar-refractivity contribution >= 4 is 24.6 Å². The molecule has 2 aromatic heterocycles. The Morgan fingerprint density at radius 2 is 2.21 bits per heavy atom. The number of imidazole rings is 1. The van der Waals surface area contributed by atoms with Crippen molar-refractivity contribution in [3.05, 3.63) is 12.7 Å². The van der Waals surface area contributed by atoms with Crippen LogP contribution in [0.3, 0.4) is 0 Å². The summed E-state index contributed by atoms with van der Waals surface area (Å²) in [5.41, 5.74) is 6.71. The summed E-state index contributed by atoms with van der Waals surface area (Å²) in [7, 11) is -4.15. The number of ether oxygens (including phenoxy) is 1. The van der Waals surface area contributed by atoms with E-state index in [1.54, 1.807) is 10.9 Å². The maximum atomic E-state index is 10.7. The van der Waals surface area contributed by atoms with Crippen LogP contribution < -0.4 is 5.73 Å². The fourth-order valence-electron chi connectivity index (χ4n) is 1.62. The molecule has 10 heteroatoms. The minimum absolute atomic E-state index is 0.125. The molecule has 0 aliphatic heterocycles. The Hall–Kier alpha value is -1.54. The molecule has 104 valence electrons. The molecule has 0 fully saturated rings. The summed E-state index contributed by atoms with van der Waals surface area (Å²) < 4.78 is 17.4. The Morgan fingerprint density at radius 3 is 2.89 bits per heavy atom. The van der Waals surface area contributed by atoms with Gasteiger partial charge in [-0.15, -0.1) is 0 Å². The third kappa shape index (κ3) is 3.27. The molecule has 19 heavy (non-hydrogen) atoms. The third-order valence-electron chi connectivity index (χ3n) is 2.48. The van der Waals surface area contributed by atoms with Gasteiger partial charge in [-0.2, -0.15) is 0 Å². The van der Waals surface area contributed by atoms with E-state index in [1.165, 1.54) is 6.33 Å². The predicted octanol–water partition coefficient (Wildman–Crippen LogP) is 0.121. The van der Waals surface area contributed by atoms with Crippen molar-refractivity contribution in [3.63, 3.8) is 0 Å². The van der Waals surface area contributed by atoms with Gasteiger partial charge in [0.2, 0.25) is 0 Å². The van der Waals surface area contributed by atoms with Crippen LogP contribution in [0.15, 0.2) is 12.7 Å². The smallest absolute Gasteiger partial charge is 0.350 e. The van der Waals surface area contributed by atoms with Crippen molar-refractivity contribution in [2.24, 2.45) is 0 Å². The van der Waals surface area contributed by atoms with Crippen LogP contribution in [-0.2, 0) is 9.30 Å². The summed E-state index contributed by atoms with van der Waals surface area (Å²) in [6.45, 7) is 1.94. The Balaban J connectivity index is 2.12. The van der Waals surface area contributed by atoms with E-state index in [9.17, 15) is 4.57 Å². The second kappa shape index (κ2) is 5.22. The molecule has 0 unspecified atom stereocenters. The van der Waals surface area contributed by atoms with E-state index >= 15 is 0 Å². The molecule has 0 aromatic carbocycles. The van der Waals surface area contributed by atoms with Crippen molar-refractivity contribution in [1.29, 1.82) is 0 Å². The summed E-state index contributed by atoms with van der Waals surface area (Å²) in [4.78, 5) is 29.4. The molecule has 0 amide bonds. The van der Waals surface area contributed by atoms with E-state index in [2.05, 4.69) is 15.0 Å². The average Bonchev–Trinajstić information content (AvgIpc) is 2.72. The lowest BCUT2D eigenvalue weighted by molar-refractivity contribution is 0.130. The number of anilines is 1. The highest BCUT2D eigenvalue weighted by Gasteiger charge is 2.16. The molecule has 2 heterocycles. The number of nitrogen functional groups attached to an aromatic ring is 1. The normalized spacial score (nSPS) is 13.8. The van der Waals surface area contributed by atoms with E-state index in [0.717, 1.165) is 0 Å². The Morgan fingerprint density at radius 1 is 1.47 bits per heavy atom. The highest BCUT2D eigenvalue weighted by Crippen LogP contribution is 2.34. The Kier molecular flexibility index (Phi) is 3.81. The van der Waals surface area contributed by atoms with Gasteiger partial charge in [-0.25, -0.2) is 15.0 Å². The fraction of sp³-hybridized carbons (Fsp3) is 0.444. The lowest BCUT2D eigenvalue weighted by atomic mass is 10.3. The minimum Gasteiger partial charge on any atom is -0.382 e. The number of hydrogen-bond acceptors (Lipinski definition) is 6. The molecular formula is C9H14N5O4P. The van der Waals surface area contributed by atoms with Crippen LogP contribution in [-0.4, -0.2) is 42.3 Å². The largest absolute Gasteiger partial charge is 0.382 e. The monoisotopic (exact) mass is 287 g/mol. The van der Waals surface area contributed by atoms with Crippen molar-refractivity contribution in [1.82, 2.24) is 19.5 Å². The predicted molar refractivity (Wildman–Crippen MR) is 67.3 cm³/mol. The topological polar surface area (TPSA) is 136 Å². The first-order valence-electron chi connectivity index (χ1n) is 5.44. The van der Waals surface area contributed by atoms with Crippen LogP contribution in [0.1, 0.15) is 13.0 Å². The molecule has 9 nitrogen and oxygen atoms in total. The standard InChI is InChI=1S/C9H14N5O4P/c1-6(2-18-5-19(15,16)17)14-4-13-7-8(10)11-3-12-9(7)14/h3-4,6H,2,5H2,1H3,(H2,10,11,12)(H2,15,16,17)/t6-/m0/s1. The van der Waals surface area contributed by atoms with Crippen molar-refractivity contribution in [2.75, 3.05) is 18.7 Å². The Labute approximate surface area is 108 Å². The first-order valence-corrected chi connectivity index (χ1v) is 7.23. The van der Waals surface area contributed by atoms with Crippen molar-refractivity contribution in [2.45, 2.75) is 13.0 Å². The maximum Gasteiger partial charge on any atom is 0.350 e. The van der Waals surface area contributed by atoms with Crippen LogP contribution in [0, 0.1) is 0 Å². The zero-order valence-corrected chi connectivity index (χ0v) is 11.1. The molecule has 2 rings (SSSR count). The number of rotatable bonds is 5. The van der Waals surface area contributed by atoms with Gasteiger partial charge in [0.15, 0.2) is 11.5 Å². The summed E-state index contributed by atoms with van der Waals surface area (Å²) in [5, 5.41) is 0. The summed E-state index contributed by atoms with van der Waals surface area (Å²) in [6, 6.07) is -0.189. The van der Waals surface area contributed by atoms with Gasteiger partial charge >= 0.3 is 7.60 Å². The molecule has 0 spiro atoms. The molecule has 0 aliphatic carbocycles. The van der Waals surface area contributed by atoms with Crippen LogP contribution in [0.25, 0.3) is 11.2 Å². The van der Waals surface area contributed by atoms with Gasteiger partial charge in [-0.3, -0.25) is 4.57 Å². The SMILES string of the molecule is C[C@@H](COCP(=O)(O)O)n1cnc2c(N)ncnc21. The van der Waals surface area contributed by atoms with Gasteiger partial charge in [0, 0.05) is 0 Å². The summed E-state index contributed by atoms with van der Waals surface area (Å²) in [6.07, 6.45) is 2.27. The molecule has 2 aromatic rings. The molecule has 0 radical (unpaired) electrons. The number of nitrogens with two attached hydrogens (primary N) is 1. The van der Waals surface area contributed by atoms with E-state index in [0.29, 0.717) is 11.2 Å². The van der Waals surface area contributed by atoms with Gasteiger partial charge < -0.3 is 24.8 Å². The van der Waals surface area contributed by atoms with Crippen LogP contribution in [0.4, 0.5) is 5.82 Å². The number of aromatic nitrogens is 4. The molecule has 1 atom stereocenters. The summed E-state index contributed by atoms with van der Waals surface area (Å²) in [5.74, 6) is 0.284. The summed E-state index contributed by atoms with van der Waals surface area (Å²) >= 11 is 0. The Bertz CT molecular complexity index is 624. The molecule has 0 saturated carbocycles. The van der Waals surface area contributed by atoms with Gasteiger partial charge in [-0.1, -0.05) is 0 Å². The average molecular weight is 287 g/mol. The first kappa shape index (κ1) is 13.9. The number of nitrogens with zero attached hydrogens (tertiary/aromatic N) is 4. The zero-order chi connectivity index (χ0) is 14.0. The number of hydrogen-bond donors (Lipinski definition) is 3. The van der Waals surface area contributed by atoms with Crippen LogP contribution >= 0.6 is 7.60 Å². The third-order valence-corrected chi connectivity index (χ3v) is 3.00. The number of fused-ring (bicyclic) bond motifs is 1. The quantitative estimate of drug-likeness (QED) is 0.659. The van der Waals surface area contributed by atoms with Gasteiger partial charge in [-0.05, 0) is 6.92 Å². The van der Waals surface area contributed by atoms with Gasteiger partial charge in [0.1, 0.15) is 18.2 Å². The van der Waals surface area contributed by atoms with E-state index in [1.807, 2.05) is 6.92 Å². The highest BCUT2D eigenvalue weighted by molar-refractivity contribution is 7.51. The maximum absolute atomic E-state index is 10.7. The van der Waals surface area contributed by atoms with Crippen LogP contribution in [0.5, 0.6) is 0 Å². The van der Waals surface area contributed by atoms with E-state index < -0.39 is 13.9 Å². The van der Waals surface area contributed by atoms with E-state index in [4.69, 9.17) is 20.3 Å². The van der Waals surface area contributed by atoms with Crippen molar-refractivity contribution in [3.8, 4) is 0 Å². The molecular weight excluding hydrogens is 273 g/mol. The van der Waals surface area contributed by atoms with Gasteiger partial charge in [0.25, 0.3) is 0 Å². The lowest BCUT2D eigenvalue weighted by Gasteiger charge is -2.14.